The first-order valence-electron chi connectivity index (χ1n) is 5.19. The molecule has 0 saturated carbocycles. The van der Waals surface area contributed by atoms with Crippen molar-refractivity contribution in [3.05, 3.63) is 11.4 Å². The molecule has 4 nitrogen and oxygen atoms in total. The van der Waals surface area contributed by atoms with Gasteiger partial charge in [0, 0.05) is 12.7 Å². The molecule has 1 rings (SSSR count). The summed E-state index contributed by atoms with van der Waals surface area (Å²) >= 11 is 5.91. The molecule has 6 heteroatoms. The number of aromatic nitrogens is 2. The zero-order chi connectivity index (χ0) is 12.7. The van der Waals surface area contributed by atoms with Gasteiger partial charge in [-0.3, -0.25) is 14.0 Å². The van der Waals surface area contributed by atoms with Crippen LogP contribution in [0.15, 0.2) is 0 Å². The van der Waals surface area contributed by atoms with Crippen LogP contribution in [0.3, 0.4) is 0 Å². The highest BCUT2D eigenvalue weighted by Gasteiger charge is 2.31. The van der Waals surface area contributed by atoms with Gasteiger partial charge >= 0.3 is 0 Å². The molecule has 1 aromatic rings. The van der Waals surface area contributed by atoms with Gasteiger partial charge < -0.3 is 0 Å². The molecule has 1 heterocycles. The van der Waals surface area contributed by atoms with Crippen LogP contribution in [0.5, 0.6) is 0 Å². The van der Waals surface area contributed by atoms with Crippen molar-refractivity contribution in [1.82, 2.24) is 19.1 Å². The SMILES string of the molecule is Cc1nn(C)c(C)c1P(=S)(N(C)C)N(C)C. The fraction of sp³-hybridized carbons (Fsp3) is 0.700. The molecule has 0 aliphatic heterocycles. The quantitative estimate of drug-likeness (QED) is 0.760. The van der Waals surface area contributed by atoms with E-state index in [1.54, 1.807) is 0 Å². The van der Waals surface area contributed by atoms with Crippen molar-refractivity contribution in [1.29, 1.82) is 0 Å². The highest BCUT2D eigenvalue weighted by atomic mass is 32.4. The number of hydrogen-bond donors (Lipinski definition) is 0. The second-order valence-corrected chi connectivity index (χ2v) is 9.04. The van der Waals surface area contributed by atoms with Crippen molar-refractivity contribution in [3.8, 4) is 0 Å². The van der Waals surface area contributed by atoms with E-state index in [0.717, 1.165) is 5.69 Å². The maximum absolute atomic E-state index is 5.91. The van der Waals surface area contributed by atoms with E-state index in [2.05, 4.69) is 21.4 Å². The molecule has 1 aromatic heterocycles. The molecular weight excluding hydrogens is 239 g/mol. The second kappa shape index (κ2) is 4.57. The van der Waals surface area contributed by atoms with E-state index >= 15 is 0 Å². The van der Waals surface area contributed by atoms with E-state index in [1.807, 2.05) is 46.8 Å². The maximum Gasteiger partial charge on any atom is 0.109 e. The smallest absolute Gasteiger partial charge is 0.109 e. The molecule has 0 aliphatic rings. The summed E-state index contributed by atoms with van der Waals surface area (Å²) < 4.78 is 6.22. The summed E-state index contributed by atoms with van der Waals surface area (Å²) in [6.07, 6.45) is -1.85. The molecule has 0 radical (unpaired) electrons. The normalized spacial score (nSPS) is 12.8. The molecule has 0 aromatic carbocycles. The van der Waals surface area contributed by atoms with Crippen LogP contribution in [0.25, 0.3) is 0 Å². The summed E-state index contributed by atoms with van der Waals surface area (Å²) in [4.78, 5) is 0. The summed E-state index contributed by atoms with van der Waals surface area (Å²) in [5, 5.41) is 5.69. The lowest BCUT2D eigenvalue weighted by Crippen LogP contribution is -2.30. The monoisotopic (exact) mass is 260 g/mol. The third kappa shape index (κ3) is 1.97. The topological polar surface area (TPSA) is 24.3 Å². The van der Waals surface area contributed by atoms with Crippen LogP contribution in [0.2, 0.25) is 0 Å². The molecule has 16 heavy (non-hydrogen) atoms. The fourth-order valence-corrected chi connectivity index (χ4v) is 5.28. The molecule has 0 fully saturated rings. The third-order valence-corrected chi connectivity index (χ3v) is 8.75. The third-order valence-electron chi connectivity index (χ3n) is 2.85. The lowest BCUT2D eigenvalue weighted by atomic mass is 10.4. The van der Waals surface area contributed by atoms with Crippen molar-refractivity contribution in [3.63, 3.8) is 0 Å². The van der Waals surface area contributed by atoms with Crippen LogP contribution < -0.4 is 5.30 Å². The van der Waals surface area contributed by atoms with Crippen LogP contribution in [-0.2, 0) is 18.9 Å². The average molecular weight is 260 g/mol. The van der Waals surface area contributed by atoms with Crippen molar-refractivity contribution < 1.29 is 0 Å². The van der Waals surface area contributed by atoms with Gasteiger partial charge in [0.1, 0.15) is 6.34 Å². The first kappa shape index (κ1) is 13.8. The molecule has 0 saturated heterocycles. The Labute approximate surface area is 103 Å². The summed E-state index contributed by atoms with van der Waals surface area (Å²) in [7, 11) is 10.2. The Morgan fingerprint density at radius 1 is 1.12 bits per heavy atom. The molecule has 0 aliphatic carbocycles. The van der Waals surface area contributed by atoms with Gasteiger partial charge in [0.15, 0.2) is 0 Å². The van der Waals surface area contributed by atoms with Crippen molar-refractivity contribution >= 4 is 23.5 Å². The van der Waals surface area contributed by atoms with E-state index in [-0.39, 0.29) is 0 Å². The number of rotatable bonds is 3. The van der Waals surface area contributed by atoms with Gasteiger partial charge in [-0.2, -0.15) is 5.10 Å². The first-order valence-corrected chi connectivity index (χ1v) is 7.90. The highest BCUT2D eigenvalue weighted by Crippen LogP contribution is 2.49. The molecule has 0 amide bonds. The minimum absolute atomic E-state index is 1.05. The largest absolute Gasteiger partial charge is 0.272 e. The van der Waals surface area contributed by atoms with Crippen LogP contribution in [0, 0.1) is 13.8 Å². The second-order valence-electron chi connectivity index (χ2n) is 4.38. The van der Waals surface area contributed by atoms with Crippen molar-refractivity contribution in [2.24, 2.45) is 7.05 Å². The summed E-state index contributed by atoms with van der Waals surface area (Å²) in [5.41, 5.74) is 2.22. The molecule has 0 spiro atoms. The number of aryl methyl sites for hydroxylation is 2. The van der Waals surface area contributed by atoms with Gasteiger partial charge in [-0.1, -0.05) is 11.8 Å². The molecule has 0 atom stereocenters. The van der Waals surface area contributed by atoms with Crippen LogP contribution in [0.1, 0.15) is 11.4 Å². The van der Waals surface area contributed by atoms with Crippen LogP contribution in [-0.4, -0.2) is 47.3 Å². The van der Waals surface area contributed by atoms with Crippen LogP contribution in [0.4, 0.5) is 0 Å². The van der Waals surface area contributed by atoms with E-state index in [9.17, 15) is 0 Å². The Morgan fingerprint density at radius 3 is 1.81 bits per heavy atom. The maximum atomic E-state index is 5.91. The predicted molar refractivity (Wildman–Crippen MR) is 74.0 cm³/mol. The van der Waals surface area contributed by atoms with E-state index in [4.69, 9.17) is 11.8 Å². The lowest BCUT2D eigenvalue weighted by molar-refractivity contribution is 0.581. The molecule has 0 N–H and O–H groups in total. The summed E-state index contributed by atoms with van der Waals surface area (Å²) in [6, 6.07) is 0. The van der Waals surface area contributed by atoms with Gasteiger partial charge in [-0.25, -0.2) is 0 Å². The Hall–Kier alpha value is -0.220. The van der Waals surface area contributed by atoms with Gasteiger partial charge in [0.05, 0.1) is 11.0 Å². The van der Waals surface area contributed by atoms with Gasteiger partial charge in [0.25, 0.3) is 0 Å². The van der Waals surface area contributed by atoms with E-state index < -0.39 is 6.34 Å². The van der Waals surface area contributed by atoms with Crippen LogP contribution >= 0.6 is 6.34 Å². The molecule has 0 bridgehead atoms. The molecule has 92 valence electrons. The standard InChI is InChI=1S/C10H21N4PS/c1-8-10(9(2)14(7)11-8)15(16,12(3)4)13(5)6/h1-7H3. The molecular formula is C10H21N4PS. The average Bonchev–Trinajstić information content (AvgIpc) is 2.39. The number of nitrogens with zero attached hydrogens (tertiary/aromatic N) is 4. The zero-order valence-corrected chi connectivity index (χ0v) is 12.9. The Morgan fingerprint density at radius 2 is 1.56 bits per heavy atom. The highest BCUT2D eigenvalue weighted by molar-refractivity contribution is 8.15. The minimum Gasteiger partial charge on any atom is -0.272 e. The van der Waals surface area contributed by atoms with E-state index in [1.165, 1.54) is 11.0 Å². The first-order chi connectivity index (χ1) is 7.22. The Kier molecular flexibility index (Phi) is 3.95. The lowest BCUT2D eigenvalue weighted by Gasteiger charge is -2.35. The van der Waals surface area contributed by atoms with Gasteiger partial charge in [-0.05, 0) is 42.0 Å². The zero-order valence-electron chi connectivity index (χ0n) is 11.1. The van der Waals surface area contributed by atoms with Gasteiger partial charge in [-0.15, -0.1) is 0 Å². The van der Waals surface area contributed by atoms with Gasteiger partial charge in [0.2, 0.25) is 0 Å². The summed E-state index contributed by atoms with van der Waals surface area (Å²) in [6.45, 7) is 4.12. The Balaban J connectivity index is 3.51. The minimum atomic E-state index is -1.85. The van der Waals surface area contributed by atoms with Crippen molar-refractivity contribution in [2.75, 3.05) is 28.2 Å². The fourth-order valence-electron chi connectivity index (χ4n) is 1.94. The Bertz CT molecular complexity index is 424. The van der Waals surface area contributed by atoms with E-state index in [0.29, 0.717) is 0 Å². The van der Waals surface area contributed by atoms with Crippen molar-refractivity contribution in [2.45, 2.75) is 13.8 Å². The summed E-state index contributed by atoms with van der Waals surface area (Å²) in [5.74, 6) is 0. The predicted octanol–water partition coefficient (Wildman–Crippen LogP) is 1.09. The molecule has 0 unspecified atom stereocenters. The number of hydrogen-bond acceptors (Lipinski definition) is 2.